The maximum atomic E-state index is 12.1. The Kier molecular flexibility index (Phi) is 5.49. The van der Waals surface area contributed by atoms with Crippen LogP contribution in [0.2, 0.25) is 0 Å². The summed E-state index contributed by atoms with van der Waals surface area (Å²) in [5.41, 5.74) is 0.0840. The molecule has 0 atom stereocenters. The molecule has 0 aromatic rings. The maximum Gasteiger partial charge on any atom is 0.213 e. The van der Waals surface area contributed by atoms with Gasteiger partial charge in [-0.05, 0) is 52.6 Å². The standard InChI is InChI=1S/C15H30N2O2S/c1-14(2)20(18,19)16-13-15(9-5-3-6-10-15)17-11-7-4-8-12-17/h14,16H,3-13H2,1-2H3. The molecular formula is C15H30N2O2S. The van der Waals surface area contributed by atoms with Crippen molar-refractivity contribution >= 4 is 10.0 Å². The summed E-state index contributed by atoms with van der Waals surface area (Å²) in [4.78, 5) is 2.58. The van der Waals surface area contributed by atoms with Gasteiger partial charge in [-0.3, -0.25) is 4.90 Å². The van der Waals surface area contributed by atoms with E-state index in [0.29, 0.717) is 6.54 Å². The third-order valence-corrected chi connectivity index (χ3v) is 6.82. The van der Waals surface area contributed by atoms with E-state index < -0.39 is 10.0 Å². The van der Waals surface area contributed by atoms with Gasteiger partial charge in [-0.1, -0.05) is 25.7 Å². The second-order valence-corrected chi connectivity index (χ2v) is 9.07. The molecule has 0 unspecified atom stereocenters. The van der Waals surface area contributed by atoms with E-state index in [1.807, 2.05) is 0 Å². The van der Waals surface area contributed by atoms with E-state index in [2.05, 4.69) is 9.62 Å². The molecule has 1 aliphatic heterocycles. The summed E-state index contributed by atoms with van der Waals surface area (Å²) in [5.74, 6) is 0. The van der Waals surface area contributed by atoms with Gasteiger partial charge in [0.05, 0.1) is 5.25 Å². The Morgan fingerprint density at radius 1 is 1.00 bits per heavy atom. The van der Waals surface area contributed by atoms with E-state index >= 15 is 0 Å². The molecule has 0 aromatic carbocycles. The van der Waals surface area contributed by atoms with Gasteiger partial charge in [-0.25, -0.2) is 13.1 Å². The molecule has 4 nitrogen and oxygen atoms in total. The topological polar surface area (TPSA) is 49.4 Å². The molecule has 1 saturated heterocycles. The van der Waals surface area contributed by atoms with Crippen LogP contribution < -0.4 is 4.72 Å². The lowest BCUT2D eigenvalue weighted by atomic mass is 9.79. The van der Waals surface area contributed by atoms with Crippen molar-refractivity contribution in [2.75, 3.05) is 19.6 Å². The van der Waals surface area contributed by atoms with E-state index in [9.17, 15) is 8.42 Å². The summed E-state index contributed by atoms with van der Waals surface area (Å²) >= 11 is 0. The number of piperidine rings is 1. The third-order valence-electron chi connectivity index (χ3n) is 5.03. The van der Waals surface area contributed by atoms with Crippen LogP contribution in [0, 0.1) is 0 Å². The van der Waals surface area contributed by atoms with Crippen molar-refractivity contribution < 1.29 is 8.42 Å². The van der Waals surface area contributed by atoms with Crippen LogP contribution in [0.25, 0.3) is 0 Å². The Morgan fingerprint density at radius 2 is 1.55 bits per heavy atom. The second kappa shape index (κ2) is 6.75. The predicted molar refractivity (Wildman–Crippen MR) is 83.3 cm³/mol. The molecule has 2 rings (SSSR count). The summed E-state index contributed by atoms with van der Waals surface area (Å²) in [6.07, 6.45) is 9.91. The van der Waals surface area contributed by atoms with Crippen LogP contribution >= 0.6 is 0 Å². The molecule has 2 aliphatic rings. The number of hydrogen-bond acceptors (Lipinski definition) is 3. The molecule has 1 saturated carbocycles. The van der Waals surface area contributed by atoms with Gasteiger partial charge in [-0.15, -0.1) is 0 Å². The van der Waals surface area contributed by atoms with Gasteiger partial charge < -0.3 is 0 Å². The highest BCUT2D eigenvalue weighted by molar-refractivity contribution is 7.90. The molecule has 0 radical (unpaired) electrons. The highest BCUT2D eigenvalue weighted by Crippen LogP contribution is 2.35. The fourth-order valence-corrected chi connectivity index (χ4v) is 4.39. The molecular weight excluding hydrogens is 272 g/mol. The smallest absolute Gasteiger partial charge is 0.213 e. The molecule has 1 aliphatic carbocycles. The summed E-state index contributed by atoms with van der Waals surface area (Å²) in [5, 5.41) is -0.343. The van der Waals surface area contributed by atoms with Crippen molar-refractivity contribution in [3.05, 3.63) is 0 Å². The highest BCUT2D eigenvalue weighted by Gasteiger charge is 2.39. The van der Waals surface area contributed by atoms with Crippen LogP contribution in [-0.4, -0.2) is 43.7 Å². The number of nitrogens with one attached hydrogen (secondary N) is 1. The zero-order valence-corrected chi connectivity index (χ0v) is 13.8. The third kappa shape index (κ3) is 3.74. The first-order valence-electron chi connectivity index (χ1n) is 8.20. The minimum absolute atomic E-state index is 0.0840. The van der Waals surface area contributed by atoms with Gasteiger partial charge in [0.15, 0.2) is 0 Å². The molecule has 20 heavy (non-hydrogen) atoms. The molecule has 2 fully saturated rings. The molecule has 0 bridgehead atoms. The molecule has 0 spiro atoms. The van der Waals surface area contributed by atoms with Gasteiger partial charge in [0.25, 0.3) is 0 Å². The van der Waals surface area contributed by atoms with Crippen molar-refractivity contribution in [1.29, 1.82) is 0 Å². The van der Waals surface area contributed by atoms with Gasteiger partial charge >= 0.3 is 0 Å². The number of nitrogens with zero attached hydrogens (tertiary/aromatic N) is 1. The minimum atomic E-state index is -3.15. The van der Waals surface area contributed by atoms with Crippen LogP contribution in [0.1, 0.15) is 65.2 Å². The summed E-state index contributed by atoms with van der Waals surface area (Å²) < 4.78 is 27.0. The number of rotatable bonds is 5. The van der Waals surface area contributed by atoms with E-state index in [-0.39, 0.29) is 10.8 Å². The summed E-state index contributed by atoms with van der Waals surface area (Å²) in [7, 11) is -3.15. The number of likely N-dealkylation sites (tertiary alicyclic amines) is 1. The highest BCUT2D eigenvalue weighted by atomic mass is 32.2. The average molecular weight is 302 g/mol. The number of sulfonamides is 1. The Labute approximate surface area is 124 Å². The predicted octanol–water partition coefficient (Wildman–Crippen LogP) is 2.50. The van der Waals surface area contributed by atoms with Crippen molar-refractivity contribution in [2.24, 2.45) is 0 Å². The first-order chi connectivity index (χ1) is 9.46. The lowest BCUT2D eigenvalue weighted by Gasteiger charge is -2.48. The fraction of sp³-hybridized carbons (Fsp3) is 1.00. The van der Waals surface area contributed by atoms with Gasteiger partial charge in [0, 0.05) is 12.1 Å². The zero-order valence-electron chi connectivity index (χ0n) is 13.0. The van der Waals surface area contributed by atoms with E-state index in [1.165, 1.54) is 38.5 Å². The molecule has 1 N–H and O–H groups in total. The monoisotopic (exact) mass is 302 g/mol. The first-order valence-corrected chi connectivity index (χ1v) is 9.74. The molecule has 0 aromatic heterocycles. The van der Waals surface area contributed by atoms with Crippen LogP contribution in [-0.2, 0) is 10.0 Å². The van der Waals surface area contributed by atoms with Crippen LogP contribution in [0.5, 0.6) is 0 Å². The van der Waals surface area contributed by atoms with Gasteiger partial charge in [0.1, 0.15) is 0 Å². The number of hydrogen-bond donors (Lipinski definition) is 1. The molecule has 5 heteroatoms. The zero-order chi connectivity index (χ0) is 14.6. The molecule has 1 heterocycles. The Bertz CT molecular complexity index is 394. The van der Waals surface area contributed by atoms with E-state index in [1.54, 1.807) is 13.8 Å². The summed E-state index contributed by atoms with van der Waals surface area (Å²) in [6.45, 7) is 6.38. The summed E-state index contributed by atoms with van der Waals surface area (Å²) in [6, 6.07) is 0. The van der Waals surface area contributed by atoms with Gasteiger partial charge in [0.2, 0.25) is 10.0 Å². The Morgan fingerprint density at radius 3 is 2.10 bits per heavy atom. The average Bonchev–Trinajstić information content (AvgIpc) is 2.47. The Balaban J connectivity index is 2.06. The lowest BCUT2D eigenvalue weighted by Crippen LogP contribution is -2.58. The molecule has 0 amide bonds. The van der Waals surface area contributed by atoms with Crippen LogP contribution in [0.3, 0.4) is 0 Å². The van der Waals surface area contributed by atoms with Crippen molar-refractivity contribution in [3.63, 3.8) is 0 Å². The molecule has 118 valence electrons. The first kappa shape index (κ1) is 16.2. The Hall–Kier alpha value is -0.130. The maximum absolute atomic E-state index is 12.1. The van der Waals surface area contributed by atoms with Crippen molar-refractivity contribution in [2.45, 2.75) is 76.0 Å². The van der Waals surface area contributed by atoms with E-state index in [0.717, 1.165) is 25.9 Å². The largest absolute Gasteiger partial charge is 0.296 e. The van der Waals surface area contributed by atoms with Crippen LogP contribution in [0.15, 0.2) is 0 Å². The quantitative estimate of drug-likeness (QED) is 0.849. The van der Waals surface area contributed by atoms with Gasteiger partial charge in [-0.2, -0.15) is 0 Å². The van der Waals surface area contributed by atoms with Crippen molar-refractivity contribution in [3.8, 4) is 0 Å². The SMILES string of the molecule is CC(C)S(=O)(=O)NCC1(N2CCCCC2)CCCCC1. The second-order valence-electron chi connectivity index (χ2n) is 6.75. The minimum Gasteiger partial charge on any atom is -0.296 e. The normalized spacial score (nSPS) is 24.9. The van der Waals surface area contributed by atoms with Crippen LogP contribution in [0.4, 0.5) is 0 Å². The fourth-order valence-electron chi connectivity index (χ4n) is 3.58. The van der Waals surface area contributed by atoms with Crippen molar-refractivity contribution in [1.82, 2.24) is 9.62 Å². The van der Waals surface area contributed by atoms with E-state index in [4.69, 9.17) is 0 Å². The lowest BCUT2D eigenvalue weighted by molar-refractivity contribution is 0.0375.